The maximum absolute atomic E-state index is 11.8. The highest BCUT2D eigenvalue weighted by atomic mass is 32.2. The van der Waals surface area contributed by atoms with Gasteiger partial charge in [-0.05, 0) is 18.6 Å². The summed E-state index contributed by atoms with van der Waals surface area (Å²) in [6, 6.07) is 8.12. The number of thiazole rings is 1. The quantitative estimate of drug-likeness (QED) is 0.227. The van der Waals surface area contributed by atoms with Crippen LogP contribution in [-0.2, 0) is 9.53 Å². The molecule has 0 amide bonds. The highest BCUT2D eigenvalue weighted by Gasteiger charge is 2.07. The Balaban J connectivity index is 1.47. The van der Waals surface area contributed by atoms with Gasteiger partial charge in [-0.1, -0.05) is 75.8 Å². The monoisotopic (exact) mass is 379 g/mol. The molecule has 25 heavy (non-hydrogen) atoms. The number of carbonyl (C=O) groups excluding carboxylic acids is 1. The van der Waals surface area contributed by atoms with E-state index in [-0.39, 0.29) is 5.97 Å². The first-order valence-electron chi connectivity index (χ1n) is 9.43. The minimum absolute atomic E-state index is 0.0865. The Kier molecular flexibility index (Phi) is 9.97. The lowest BCUT2D eigenvalue weighted by molar-refractivity contribution is -0.143. The van der Waals surface area contributed by atoms with Crippen molar-refractivity contribution in [2.24, 2.45) is 0 Å². The van der Waals surface area contributed by atoms with E-state index in [9.17, 15) is 4.79 Å². The van der Waals surface area contributed by atoms with Gasteiger partial charge in [0.15, 0.2) is 4.34 Å². The third-order valence-corrected chi connectivity index (χ3v) is 6.25. The molecule has 5 heteroatoms. The summed E-state index contributed by atoms with van der Waals surface area (Å²) in [6.07, 6.45) is 10.5. The predicted molar refractivity (Wildman–Crippen MR) is 109 cm³/mol. The standard InChI is InChI=1S/C20H29NO2S2/c1-2-3-4-5-6-7-8-11-15-23-19(22)14-16-24-20-21-17-12-9-10-13-18(17)25-20/h9-10,12-13H,2-8,11,14-16H2,1H3. The fourth-order valence-corrected chi connectivity index (χ4v) is 4.69. The Morgan fingerprint density at radius 1 is 1.08 bits per heavy atom. The summed E-state index contributed by atoms with van der Waals surface area (Å²) in [6.45, 7) is 2.81. The van der Waals surface area contributed by atoms with Crippen LogP contribution in [-0.4, -0.2) is 23.3 Å². The van der Waals surface area contributed by atoms with Crippen molar-refractivity contribution in [3.05, 3.63) is 24.3 Å². The Bertz CT molecular complexity index is 594. The molecule has 2 rings (SSSR count). The van der Waals surface area contributed by atoms with Crippen LogP contribution in [0.15, 0.2) is 28.6 Å². The molecule has 0 aliphatic rings. The number of hydrogen-bond acceptors (Lipinski definition) is 5. The number of aromatic nitrogens is 1. The fourth-order valence-electron chi connectivity index (χ4n) is 2.63. The van der Waals surface area contributed by atoms with E-state index in [0.29, 0.717) is 13.0 Å². The molecule has 0 unspecified atom stereocenters. The predicted octanol–water partition coefficient (Wildman–Crippen LogP) is 6.46. The Morgan fingerprint density at radius 3 is 2.56 bits per heavy atom. The zero-order valence-electron chi connectivity index (χ0n) is 15.2. The van der Waals surface area contributed by atoms with Crippen molar-refractivity contribution in [2.45, 2.75) is 69.1 Å². The van der Waals surface area contributed by atoms with Gasteiger partial charge in [-0.3, -0.25) is 4.79 Å². The van der Waals surface area contributed by atoms with Gasteiger partial charge in [0.25, 0.3) is 0 Å². The lowest BCUT2D eigenvalue weighted by Crippen LogP contribution is -2.06. The molecule has 1 aromatic carbocycles. The molecule has 0 bridgehead atoms. The molecular weight excluding hydrogens is 350 g/mol. The molecule has 2 aromatic rings. The van der Waals surface area contributed by atoms with Gasteiger partial charge in [-0.15, -0.1) is 11.3 Å². The fraction of sp³-hybridized carbons (Fsp3) is 0.600. The minimum atomic E-state index is -0.0865. The molecule has 0 fully saturated rings. The molecule has 1 aromatic heterocycles. The third-order valence-electron chi connectivity index (χ3n) is 4.07. The van der Waals surface area contributed by atoms with Gasteiger partial charge in [-0.2, -0.15) is 0 Å². The maximum Gasteiger partial charge on any atom is 0.306 e. The average Bonchev–Trinajstić information content (AvgIpc) is 3.03. The number of nitrogens with zero attached hydrogens (tertiary/aromatic N) is 1. The van der Waals surface area contributed by atoms with E-state index < -0.39 is 0 Å². The summed E-state index contributed by atoms with van der Waals surface area (Å²) >= 11 is 3.32. The van der Waals surface area contributed by atoms with E-state index in [1.54, 1.807) is 23.1 Å². The lowest BCUT2D eigenvalue weighted by Gasteiger charge is -2.04. The van der Waals surface area contributed by atoms with E-state index in [1.807, 2.05) is 18.2 Å². The normalized spacial score (nSPS) is 11.1. The molecule has 0 N–H and O–H groups in total. The van der Waals surface area contributed by atoms with Gasteiger partial charge in [0.1, 0.15) is 0 Å². The molecule has 0 saturated heterocycles. The summed E-state index contributed by atoms with van der Waals surface area (Å²) in [5.74, 6) is 0.646. The smallest absolute Gasteiger partial charge is 0.306 e. The first-order chi connectivity index (χ1) is 12.3. The molecule has 0 radical (unpaired) electrons. The Morgan fingerprint density at radius 2 is 1.80 bits per heavy atom. The molecule has 0 aliphatic heterocycles. The number of carbonyl (C=O) groups is 1. The van der Waals surface area contributed by atoms with Crippen LogP contribution in [0.4, 0.5) is 0 Å². The van der Waals surface area contributed by atoms with Crippen molar-refractivity contribution >= 4 is 39.3 Å². The number of esters is 1. The van der Waals surface area contributed by atoms with Crippen molar-refractivity contribution in [1.82, 2.24) is 4.98 Å². The minimum Gasteiger partial charge on any atom is -0.466 e. The topological polar surface area (TPSA) is 39.2 Å². The summed E-state index contributed by atoms with van der Waals surface area (Å²) in [7, 11) is 0. The van der Waals surface area contributed by atoms with Crippen molar-refractivity contribution in [3.63, 3.8) is 0 Å². The van der Waals surface area contributed by atoms with Gasteiger partial charge >= 0.3 is 5.97 Å². The number of para-hydroxylation sites is 1. The molecule has 0 atom stereocenters. The van der Waals surface area contributed by atoms with Gasteiger partial charge in [0.05, 0.1) is 23.2 Å². The van der Waals surface area contributed by atoms with Crippen molar-refractivity contribution in [1.29, 1.82) is 0 Å². The number of ether oxygens (including phenoxy) is 1. The SMILES string of the molecule is CCCCCCCCCCOC(=O)CCSc1nc2ccccc2s1. The van der Waals surface area contributed by atoms with E-state index in [1.165, 1.54) is 49.6 Å². The number of benzene rings is 1. The summed E-state index contributed by atoms with van der Waals surface area (Å²) < 4.78 is 7.54. The first kappa shape index (κ1) is 20.2. The van der Waals surface area contributed by atoms with E-state index in [4.69, 9.17) is 4.74 Å². The summed E-state index contributed by atoms with van der Waals surface area (Å²) in [5.41, 5.74) is 1.03. The number of fused-ring (bicyclic) bond motifs is 1. The number of thioether (sulfide) groups is 1. The van der Waals surface area contributed by atoms with Crippen molar-refractivity contribution < 1.29 is 9.53 Å². The highest BCUT2D eigenvalue weighted by Crippen LogP contribution is 2.29. The van der Waals surface area contributed by atoms with Crippen LogP contribution in [0.5, 0.6) is 0 Å². The van der Waals surface area contributed by atoms with Crippen LogP contribution < -0.4 is 0 Å². The largest absolute Gasteiger partial charge is 0.466 e. The maximum atomic E-state index is 11.8. The Labute approximate surface area is 159 Å². The van der Waals surface area contributed by atoms with Crippen LogP contribution in [0, 0.1) is 0 Å². The van der Waals surface area contributed by atoms with E-state index in [2.05, 4.69) is 18.0 Å². The highest BCUT2D eigenvalue weighted by molar-refractivity contribution is 8.01. The van der Waals surface area contributed by atoms with Crippen LogP contribution in [0.3, 0.4) is 0 Å². The zero-order chi connectivity index (χ0) is 17.7. The molecular formula is C20H29NO2S2. The average molecular weight is 380 g/mol. The Hall–Kier alpha value is -1.07. The first-order valence-corrected chi connectivity index (χ1v) is 11.2. The molecule has 0 aliphatic carbocycles. The number of unbranched alkanes of at least 4 members (excludes halogenated alkanes) is 7. The van der Waals surface area contributed by atoms with E-state index >= 15 is 0 Å². The van der Waals surface area contributed by atoms with Crippen LogP contribution >= 0.6 is 23.1 Å². The van der Waals surface area contributed by atoms with Crippen LogP contribution in [0.25, 0.3) is 10.2 Å². The summed E-state index contributed by atoms with van der Waals surface area (Å²) in [5, 5.41) is 0. The molecule has 1 heterocycles. The second-order valence-corrected chi connectivity index (χ2v) is 8.61. The van der Waals surface area contributed by atoms with Crippen molar-refractivity contribution in [2.75, 3.05) is 12.4 Å². The second kappa shape index (κ2) is 12.3. The summed E-state index contributed by atoms with van der Waals surface area (Å²) in [4.78, 5) is 16.3. The van der Waals surface area contributed by atoms with Gasteiger partial charge in [0, 0.05) is 5.75 Å². The number of hydrogen-bond donors (Lipinski definition) is 0. The van der Waals surface area contributed by atoms with Gasteiger partial charge in [-0.25, -0.2) is 4.98 Å². The zero-order valence-corrected chi connectivity index (χ0v) is 16.8. The third kappa shape index (κ3) is 8.23. The van der Waals surface area contributed by atoms with Gasteiger partial charge in [0.2, 0.25) is 0 Å². The van der Waals surface area contributed by atoms with Crippen molar-refractivity contribution in [3.8, 4) is 0 Å². The molecule has 0 saturated carbocycles. The lowest BCUT2D eigenvalue weighted by atomic mass is 10.1. The van der Waals surface area contributed by atoms with Crippen LogP contribution in [0.2, 0.25) is 0 Å². The molecule has 3 nitrogen and oxygen atoms in total. The van der Waals surface area contributed by atoms with E-state index in [0.717, 1.165) is 22.0 Å². The number of rotatable bonds is 13. The molecule has 138 valence electrons. The molecule has 0 spiro atoms. The van der Waals surface area contributed by atoms with Gasteiger partial charge < -0.3 is 4.74 Å². The van der Waals surface area contributed by atoms with Crippen LogP contribution in [0.1, 0.15) is 64.7 Å². The second-order valence-electron chi connectivity index (χ2n) is 6.24.